The van der Waals surface area contributed by atoms with Gasteiger partial charge in [0.15, 0.2) is 12.4 Å². The fourth-order valence-electron chi connectivity index (χ4n) is 6.32. The summed E-state index contributed by atoms with van der Waals surface area (Å²) in [6.45, 7) is -0.381. The second-order valence-corrected chi connectivity index (χ2v) is 14.2. The van der Waals surface area contributed by atoms with Crippen LogP contribution >= 0.6 is 11.3 Å². The second-order valence-electron chi connectivity index (χ2n) is 13.2. The Morgan fingerprint density at radius 1 is 0.685 bits per heavy atom. The van der Waals surface area contributed by atoms with Crippen LogP contribution in [0, 0.1) is 5.92 Å². The summed E-state index contributed by atoms with van der Waals surface area (Å²) in [5.41, 5.74) is 4.10. The number of hydrogen-bond acceptors (Lipinski definition) is 8. The predicted molar refractivity (Wildman–Crippen MR) is 204 cm³/mol. The minimum absolute atomic E-state index is 0.0554. The van der Waals surface area contributed by atoms with Gasteiger partial charge in [-0.1, -0.05) is 72.8 Å². The molecule has 276 valence electrons. The number of Topliss-reactive ketones (excluding diaryl/α,β-unsaturated/α-hetero) is 1. The van der Waals surface area contributed by atoms with Crippen molar-refractivity contribution < 1.29 is 33.8 Å². The van der Waals surface area contributed by atoms with Crippen LogP contribution in [-0.4, -0.2) is 64.3 Å². The first-order valence-electron chi connectivity index (χ1n) is 17.6. The molecule has 0 saturated carbocycles. The zero-order chi connectivity index (χ0) is 37.9. The van der Waals surface area contributed by atoms with Crippen LogP contribution in [0.5, 0.6) is 5.75 Å². The number of pyridine rings is 1. The third-order valence-electron chi connectivity index (χ3n) is 9.24. The zero-order valence-electron chi connectivity index (χ0n) is 29.4. The number of aromatic nitrogens is 1. The number of carbonyl (C=O) groups is 5. The number of hydrogen-bond donors (Lipinski definition) is 4. The van der Waals surface area contributed by atoms with Crippen molar-refractivity contribution in [2.75, 3.05) is 6.61 Å². The van der Waals surface area contributed by atoms with Gasteiger partial charge in [-0.3, -0.25) is 29.0 Å². The molecule has 2 aliphatic heterocycles. The Balaban J connectivity index is 1.34. The summed E-state index contributed by atoms with van der Waals surface area (Å²) in [6, 6.07) is 27.9. The van der Waals surface area contributed by atoms with Crippen molar-refractivity contribution in [2.45, 2.75) is 50.2 Å². The molecule has 4 N–H and O–H groups in total. The quantitative estimate of drug-likeness (QED) is 0.168. The summed E-state index contributed by atoms with van der Waals surface area (Å²) in [7, 11) is 0. The maximum absolute atomic E-state index is 14.3. The molecule has 11 nitrogen and oxygen atoms in total. The lowest BCUT2D eigenvalue weighted by molar-refractivity contribution is -0.144. The van der Waals surface area contributed by atoms with Crippen LogP contribution in [0.2, 0.25) is 0 Å². The molecule has 5 aromatic rings. The van der Waals surface area contributed by atoms with Crippen molar-refractivity contribution >= 4 is 40.8 Å². The van der Waals surface area contributed by atoms with E-state index in [1.54, 1.807) is 48.8 Å². The lowest BCUT2D eigenvalue weighted by Gasteiger charge is -2.26. The van der Waals surface area contributed by atoms with Crippen molar-refractivity contribution in [3.05, 3.63) is 142 Å². The van der Waals surface area contributed by atoms with E-state index in [2.05, 4.69) is 20.9 Å². The molecule has 4 heterocycles. The molecule has 2 aliphatic rings. The van der Waals surface area contributed by atoms with Crippen LogP contribution in [0.15, 0.2) is 121 Å². The van der Waals surface area contributed by atoms with E-state index in [0.29, 0.717) is 16.9 Å². The summed E-state index contributed by atoms with van der Waals surface area (Å²) in [5, 5.41) is 20.5. The van der Waals surface area contributed by atoms with E-state index in [0.717, 1.165) is 21.6 Å². The van der Waals surface area contributed by atoms with Gasteiger partial charge in [0.1, 0.15) is 17.8 Å². The number of rotatable bonds is 8. The van der Waals surface area contributed by atoms with Crippen LogP contribution in [0.3, 0.4) is 0 Å². The summed E-state index contributed by atoms with van der Waals surface area (Å²) >= 11 is 1.43. The van der Waals surface area contributed by atoms with Crippen LogP contribution in [0.25, 0.3) is 11.1 Å². The molecule has 2 aromatic heterocycles. The average molecular weight is 745 g/mol. The number of aliphatic carboxylic acids is 1. The van der Waals surface area contributed by atoms with Crippen molar-refractivity contribution in [3.8, 4) is 16.9 Å². The Morgan fingerprint density at radius 3 is 1.98 bits per heavy atom. The standard InChI is InChI=1S/C42H40N4O7S/c47-38-24-32(42(51)52)21-27-10-14-33(15-11-27)53-26-39(48)44-37(25-34-7-4-20-54-34)41(50)46-36(40(49)45-35(38)22-29-16-18-43-19-17-29)23-28-8-12-31(13-9-28)30-5-2-1-3-6-30/h1-20,32,35-37H,21-26H2,(H,44,48)(H,45,49)(H,46,50)(H,51,52)/t32-,35-,36+,37-/m1/s1. The van der Waals surface area contributed by atoms with Crippen molar-refractivity contribution in [1.29, 1.82) is 0 Å². The Bertz CT molecular complexity index is 2040. The normalized spacial score (nSPS) is 20.0. The average Bonchev–Trinajstić information content (AvgIpc) is 3.70. The molecule has 4 atom stereocenters. The number of thiophene rings is 1. The molecule has 3 amide bonds. The fraction of sp³-hybridized carbons (Fsp3) is 0.238. The molecule has 3 aromatic carbocycles. The summed E-state index contributed by atoms with van der Waals surface area (Å²) in [5.74, 6) is -4.09. The van der Waals surface area contributed by atoms with E-state index in [-0.39, 0.29) is 38.7 Å². The summed E-state index contributed by atoms with van der Waals surface area (Å²) in [4.78, 5) is 72.9. The first-order valence-corrected chi connectivity index (χ1v) is 18.5. The van der Waals surface area contributed by atoms with E-state index in [1.165, 1.54) is 11.3 Å². The molecule has 0 saturated heterocycles. The number of amides is 3. The lowest BCUT2D eigenvalue weighted by atomic mass is 9.90. The Kier molecular flexibility index (Phi) is 12.6. The molecular formula is C42H40N4O7S. The van der Waals surface area contributed by atoms with Gasteiger partial charge in [0.05, 0.1) is 12.0 Å². The van der Waals surface area contributed by atoms with Gasteiger partial charge < -0.3 is 25.8 Å². The topological polar surface area (TPSA) is 164 Å². The number of ketones is 1. The molecule has 12 heteroatoms. The summed E-state index contributed by atoms with van der Waals surface area (Å²) in [6.07, 6.45) is 3.17. The van der Waals surface area contributed by atoms with E-state index >= 15 is 0 Å². The Hall–Kier alpha value is -6.14. The highest BCUT2D eigenvalue weighted by Crippen LogP contribution is 2.22. The highest BCUT2D eigenvalue weighted by molar-refractivity contribution is 7.09. The number of nitrogens with one attached hydrogen (secondary N) is 3. The first kappa shape index (κ1) is 37.6. The number of carboxylic acid groups (broad SMARTS) is 1. The van der Waals surface area contributed by atoms with Gasteiger partial charge in [0.2, 0.25) is 11.8 Å². The molecule has 54 heavy (non-hydrogen) atoms. The van der Waals surface area contributed by atoms with Crippen molar-refractivity contribution in [2.24, 2.45) is 5.92 Å². The largest absolute Gasteiger partial charge is 0.484 e. The lowest BCUT2D eigenvalue weighted by Crippen LogP contribution is -2.57. The van der Waals surface area contributed by atoms with Crippen LogP contribution in [0.4, 0.5) is 0 Å². The third kappa shape index (κ3) is 10.5. The molecule has 0 spiro atoms. The smallest absolute Gasteiger partial charge is 0.307 e. The number of benzene rings is 3. The monoisotopic (exact) mass is 744 g/mol. The van der Waals surface area contributed by atoms with Gasteiger partial charge in [-0.05, 0) is 76.4 Å². The highest BCUT2D eigenvalue weighted by atomic mass is 32.1. The molecule has 0 radical (unpaired) electrons. The molecule has 0 unspecified atom stereocenters. The molecule has 0 aliphatic carbocycles. The van der Waals surface area contributed by atoms with Crippen molar-refractivity contribution in [1.82, 2.24) is 20.9 Å². The van der Waals surface area contributed by atoms with Gasteiger partial charge >= 0.3 is 5.97 Å². The van der Waals surface area contributed by atoms with E-state index in [4.69, 9.17) is 4.74 Å². The van der Waals surface area contributed by atoms with Gasteiger partial charge in [0, 0.05) is 36.5 Å². The molecule has 2 bridgehead atoms. The first-order chi connectivity index (χ1) is 26.2. The predicted octanol–water partition coefficient (Wildman–Crippen LogP) is 4.59. The summed E-state index contributed by atoms with van der Waals surface area (Å²) < 4.78 is 5.70. The number of carbonyl (C=O) groups excluding carboxylic acids is 4. The zero-order valence-corrected chi connectivity index (χ0v) is 30.2. The van der Waals surface area contributed by atoms with Crippen LogP contribution in [-0.2, 0) is 49.7 Å². The third-order valence-corrected chi connectivity index (χ3v) is 10.1. The van der Waals surface area contributed by atoms with Gasteiger partial charge in [-0.15, -0.1) is 11.3 Å². The maximum Gasteiger partial charge on any atom is 0.307 e. The van der Waals surface area contributed by atoms with E-state index in [1.807, 2.05) is 72.1 Å². The van der Waals surface area contributed by atoms with Crippen LogP contribution < -0.4 is 20.7 Å². The number of carboxylic acids is 1. The minimum atomic E-state index is -1.17. The molecule has 7 rings (SSSR count). The van der Waals surface area contributed by atoms with Gasteiger partial charge in [-0.25, -0.2) is 0 Å². The fourth-order valence-corrected chi connectivity index (χ4v) is 7.07. The Morgan fingerprint density at radius 2 is 1.31 bits per heavy atom. The number of nitrogens with zero attached hydrogens (tertiary/aromatic N) is 1. The number of ether oxygens (including phenoxy) is 1. The maximum atomic E-state index is 14.3. The Labute approximate surface area is 316 Å². The highest BCUT2D eigenvalue weighted by Gasteiger charge is 2.32. The van der Waals surface area contributed by atoms with E-state index < -0.39 is 53.5 Å². The number of fused-ring (bicyclic) bond motifs is 16. The second kappa shape index (κ2) is 18.1. The molecular weight excluding hydrogens is 705 g/mol. The van der Waals surface area contributed by atoms with E-state index in [9.17, 15) is 29.1 Å². The SMILES string of the molecule is O=C1COc2ccc(cc2)C[C@@H](C(=O)O)CC(=O)[C@@H](Cc2ccncc2)NC(=O)[C@H](Cc2ccc(-c3ccccc3)cc2)NC(=O)[C@@H](Cc2cccs2)N1. The van der Waals surface area contributed by atoms with Gasteiger partial charge in [0.25, 0.3) is 5.91 Å². The van der Waals surface area contributed by atoms with Crippen LogP contribution in [0.1, 0.15) is 28.0 Å². The van der Waals surface area contributed by atoms with Crippen molar-refractivity contribution in [3.63, 3.8) is 0 Å². The van der Waals surface area contributed by atoms with Gasteiger partial charge in [-0.2, -0.15) is 0 Å². The minimum Gasteiger partial charge on any atom is -0.484 e. The molecule has 0 fully saturated rings.